The summed E-state index contributed by atoms with van der Waals surface area (Å²) in [4.78, 5) is 21.9. The molecule has 0 bridgehead atoms. The van der Waals surface area contributed by atoms with Gasteiger partial charge in [0.1, 0.15) is 0 Å². The molecule has 0 saturated carbocycles. The van der Waals surface area contributed by atoms with Crippen LogP contribution in [0.5, 0.6) is 0 Å². The predicted molar refractivity (Wildman–Crippen MR) is 51.6 cm³/mol. The van der Waals surface area contributed by atoms with E-state index < -0.39 is 11.9 Å². The highest BCUT2D eigenvalue weighted by atomic mass is 16.5. The van der Waals surface area contributed by atoms with Crippen LogP contribution in [0.1, 0.15) is 26.2 Å². The van der Waals surface area contributed by atoms with Crippen LogP contribution < -0.4 is 0 Å². The highest BCUT2D eigenvalue weighted by Gasteiger charge is 2.12. The van der Waals surface area contributed by atoms with E-state index >= 15 is 0 Å². The van der Waals surface area contributed by atoms with E-state index in [2.05, 4.69) is 11.3 Å². The van der Waals surface area contributed by atoms with Crippen molar-refractivity contribution in [2.75, 3.05) is 13.7 Å². The Morgan fingerprint density at radius 3 is 2.50 bits per heavy atom. The summed E-state index contributed by atoms with van der Waals surface area (Å²) in [6, 6.07) is 0. The summed E-state index contributed by atoms with van der Waals surface area (Å²) in [5.74, 6) is -1.01. The highest BCUT2D eigenvalue weighted by molar-refractivity contribution is 5.93. The molecule has 0 heterocycles. The second-order valence-electron chi connectivity index (χ2n) is 2.85. The first kappa shape index (κ1) is 12.7. The predicted octanol–water partition coefficient (Wildman–Crippen LogP) is 1.45. The van der Waals surface area contributed by atoms with E-state index in [-0.39, 0.29) is 12.0 Å². The SMILES string of the molecule is C=C(CC(=O)OC)C(=O)OCCCC. The second kappa shape index (κ2) is 7.12. The summed E-state index contributed by atoms with van der Waals surface area (Å²) in [6.45, 7) is 5.81. The zero-order valence-corrected chi connectivity index (χ0v) is 8.67. The fraction of sp³-hybridized carbons (Fsp3) is 0.600. The van der Waals surface area contributed by atoms with Gasteiger partial charge in [-0.1, -0.05) is 19.9 Å². The van der Waals surface area contributed by atoms with Crippen LogP contribution in [0.3, 0.4) is 0 Å². The summed E-state index contributed by atoms with van der Waals surface area (Å²) < 4.78 is 9.23. The Balaban J connectivity index is 3.77. The molecule has 0 fully saturated rings. The lowest BCUT2D eigenvalue weighted by molar-refractivity contribution is -0.144. The van der Waals surface area contributed by atoms with Crippen LogP contribution in [0.15, 0.2) is 12.2 Å². The molecule has 80 valence electrons. The molecule has 0 amide bonds. The first-order valence-electron chi connectivity index (χ1n) is 4.53. The van der Waals surface area contributed by atoms with Crippen LogP contribution in [-0.4, -0.2) is 25.7 Å². The molecule has 0 aromatic carbocycles. The summed E-state index contributed by atoms with van der Waals surface area (Å²) >= 11 is 0. The van der Waals surface area contributed by atoms with Crippen LogP contribution in [-0.2, 0) is 19.1 Å². The molecule has 0 aromatic rings. The number of methoxy groups -OCH3 is 1. The van der Waals surface area contributed by atoms with Crippen LogP contribution in [0.25, 0.3) is 0 Å². The van der Waals surface area contributed by atoms with E-state index in [1.165, 1.54) is 7.11 Å². The molecule has 0 unspecified atom stereocenters. The number of hydrogen-bond acceptors (Lipinski definition) is 4. The van der Waals surface area contributed by atoms with Crippen molar-refractivity contribution in [1.29, 1.82) is 0 Å². The maximum atomic E-state index is 11.1. The zero-order valence-electron chi connectivity index (χ0n) is 8.67. The normalized spacial score (nSPS) is 9.29. The number of carbonyl (C=O) groups is 2. The summed E-state index contributed by atoms with van der Waals surface area (Å²) in [7, 11) is 1.26. The van der Waals surface area contributed by atoms with Crippen LogP contribution in [0, 0.1) is 0 Å². The van der Waals surface area contributed by atoms with Gasteiger partial charge in [-0.15, -0.1) is 0 Å². The Bertz CT molecular complexity index is 220. The molecule has 0 N–H and O–H groups in total. The third-order valence-corrected chi connectivity index (χ3v) is 1.61. The van der Waals surface area contributed by atoms with Gasteiger partial charge in [0.05, 0.1) is 20.1 Å². The van der Waals surface area contributed by atoms with Gasteiger partial charge in [0.15, 0.2) is 0 Å². The van der Waals surface area contributed by atoms with E-state index in [9.17, 15) is 9.59 Å². The third-order valence-electron chi connectivity index (χ3n) is 1.61. The van der Waals surface area contributed by atoms with E-state index in [0.717, 1.165) is 12.8 Å². The lowest BCUT2D eigenvalue weighted by atomic mass is 10.2. The van der Waals surface area contributed by atoms with Gasteiger partial charge in [-0.05, 0) is 6.42 Å². The molecular weight excluding hydrogens is 184 g/mol. The maximum Gasteiger partial charge on any atom is 0.333 e. The summed E-state index contributed by atoms with van der Waals surface area (Å²) in [5, 5.41) is 0. The van der Waals surface area contributed by atoms with Crippen molar-refractivity contribution in [2.24, 2.45) is 0 Å². The molecule has 0 aromatic heterocycles. The van der Waals surface area contributed by atoms with Gasteiger partial charge >= 0.3 is 11.9 Å². The Labute approximate surface area is 83.9 Å². The van der Waals surface area contributed by atoms with Crippen LogP contribution in [0.4, 0.5) is 0 Å². The maximum absolute atomic E-state index is 11.1. The number of esters is 2. The zero-order chi connectivity index (χ0) is 11.0. The molecular formula is C10H16O4. The molecule has 0 aliphatic rings. The van der Waals surface area contributed by atoms with Gasteiger partial charge in [-0.3, -0.25) is 4.79 Å². The lowest BCUT2D eigenvalue weighted by Crippen LogP contribution is -2.12. The minimum Gasteiger partial charge on any atom is -0.469 e. The molecule has 0 spiro atoms. The molecule has 0 aliphatic carbocycles. The van der Waals surface area contributed by atoms with Crippen molar-refractivity contribution in [3.63, 3.8) is 0 Å². The number of unbranched alkanes of at least 4 members (excludes halogenated alkanes) is 1. The Kier molecular flexibility index (Phi) is 6.45. The molecule has 0 radical (unpaired) electrons. The van der Waals surface area contributed by atoms with Gasteiger partial charge in [0.2, 0.25) is 0 Å². The van der Waals surface area contributed by atoms with Gasteiger partial charge < -0.3 is 9.47 Å². The van der Waals surface area contributed by atoms with E-state index in [4.69, 9.17) is 4.74 Å². The quantitative estimate of drug-likeness (QED) is 0.370. The summed E-state index contributed by atoms with van der Waals surface area (Å²) in [5.41, 5.74) is 0.132. The molecule has 0 aliphatic heterocycles. The highest BCUT2D eigenvalue weighted by Crippen LogP contribution is 2.03. The molecule has 0 rings (SSSR count). The summed E-state index contributed by atoms with van der Waals surface area (Å²) in [6.07, 6.45) is 1.66. The van der Waals surface area contributed by atoms with Gasteiger partial charge in [0, 0.05) is 5.57 Å². The smallest absolute Gasteiger partial charge is 0.333 e. The number of carbonyl (C=O) groups excluding carboxylic acids is 2. The topological polar surface area (TPSA) is 52.6 Å². The monoisotopic (exact) mass is 200 g/mol. The number of rotatable bonds is 6. The van der Waals surface area contributed by atoms with Crippen LogP contribution >= 0.6 is 0 Å². The van der Waals surface area contributed by atoms with Crippen molar-refractivity contribution in [3.05, 3.63) is 12.2 Å². The average molecular weight is 200 g/mol. The van der Waals surface area contributed by atoms with Crippen LogP contribution in [0.2, 0.25) is 0 Å². The average Bonchev–Trinajstić information content (AvgIpc) is 2.17. The molecule has 0 atom stereocenters. The molecule has 14 heavy (non-hydrogen) atoms. The first-order valence-corrected chi connectivity index (χ1v) is 4.53. The molecule has 4 heteroatoms. The molecule has 4 nitrogen and oxygen atoms in total. The Hall–Kier alpha value is -1.32. The lowest BCUT2D eigenvalue weighted by Gasteiger charge is -2.05. The minimum atomic E-state index is -0.524. The van der Waals surface area contributed by atoms with Gasteiger partial charge in [-0.25, -0.2) is 4.79 Å². The number of ether oxygens (including phenoxy) is 2. The van der Waals surface area contributed by atoms with Gasteiger partial charge in [-0.2, -0.15) is 0 Å². The van der Waals surface area contributed by atoms with Gasteiger partial charge in [0.25, 0.3) is 0 Å². The fourth-order valence-electron chi connectivity index (χ4n) is 0.730. The Morgan fingerprint density at radius 1 is 1.36 bits per heavy atom. The van der Waals surface area contributed by atoms with Crippen molar-refractivity contribution in [3.8, 4) is 0 Å². The van der Waals surface area contributed by atoms with Crippen molar-refractivity contribution < 1.29 is 19.1 Å². The van der Waals surface area contributed by atoms with E-state index in [1.807, 2.05) is 6.92 Å². The van der Waals surface area contributed by atoms with Crippen molar-refractivity contribution in [2.45, 2.75) is 26.2 Å². The molecule has 0 saturated heterocycles. The van der Waals surface area contributed by atoms with E-state index in [0.29, 0.717) is 6.61 Å². The largest absolute Gasteiger partial charge is 0.469 e. The standard InChI is InChI=1S/C10H16O4/c1-4-5-6-14-10(12)8(2)7-9(11)13-3/h2,4-7H2,1,3H3. The number of hydrogen-bond donors (Lipinski definition) is 0. The van der Waals surface area contributed by atoms with Crippen molar-refractivity contribution in [1.82, 2.24) is 0 Å². The second-order valence-corrected chi connectivity index (χ2v) is 2.85. The Morgan fingerprint density at radius 2 is 2.00 bits per heavy atom. The fourth-order valence-corrected chi connectivity index (χ4v) is 0.730. The third kappa shape index (κ3) is 5.35. The van der Waals surface area contributed by atoms with Crippen molar-refractivity contribution >= 4 is 11.9 Å². The first-order chi connectivity index (χ1) is 6.61. The minimum absolute atomic E-state index is 0.110. The van der Waals surface area contributed by atoms with E-state index in [1.54, 1.807) is 0 Å².